The van der Waals surface area contributed by atoms with Crippen molar-refractivity contribution < 1.29 is 4.42 Å². The lowest BCUT2D eigenvalue weighted by atomic mass is 9.94. The Bertz CT molecular complexity index is 323. The van der Waals surface area contributed by atoms with E-state index >= 15 is 0 Å². The molecule has 0 spiro atoms. The van der Waals surface area contributed by atoms with E-state index in [0.717, 1.165) is 30.7 Å². The third-order valence-corrected chi connectivity index (χ3v) is 4.12. The molecular formula is C13H20N2O. The lowest BCUT2D eigenvalue weighted by Crippen LogP contribution is -2.37. The fourth-order valence-corrected chi connectivity index (χ4v) is 3.29. The summed E-state index contributed by atoms with van der Waals surface area (Å²) in [5.74, 6) is 2.90. The van der Waals surface area contributed by atoms with Gasteiger partial charge in [-0.25, -0.2) is 0 Å². The van der Waals surface area contributed by atoms with Crippen LogP contribution in [0.2, 0.25) is 0 Å². The van der Waals surface area contributed by atoms with Crippen molar-refractivity contribution in [1.82, 2.24) is 10.6 Å². The molecule has 88 valence electrons. The molecule has 0 aromatic carbocycles. The summed E-state index contributed by atoms with van der Waals surface area (Å²) in [4.78, 5) is 0. The number of furan rings is 1. The molecule has 2 fully saturated rings. The van der Waals surface area contributed by atoms with Crippen LogP contribution in [-0.4, -0.2) is 19.1 Å². The van der Waals surface area contributed by atoms with E-state index in [1.165, 1.54) is 25.8 Å². The highest BCUT2D eigenvalue weighted by molar-refractivity contribution is 4.99. The lowest BCUT2D eigenvalue weighted by Gasteiger charge is -2.18. The summed E-state index contributed by atoms with van der Waals surface area (Å²) in [6.45, 7) is 3.15. The molecule has 1 aliphatic carbocycles. The zero-order chi connectivity index (χ0) is 10.8. The number of rotatable bonds is 4. The van der Waals surface area contributed by atoms with Crippen molar-refractivity contribution in [1.29, 1.82) is 0 Å². The Kier molecular flexibility index (Phi) is 2.98. The summed E-state index contributed by atoms with van der Waals surface area (Å²) in [5.41, 5.74) is 0. The van der Waals surface area contributed by atoms with E-state index in [2.05, 4.69) is 10.6 Å². The number of fused-ring (bicyclic) bond motifs is 1. The van der Waals surface area contributed by atoms with Gasteiger partial charge in [-0.2, -0.15) is 0 Å². The molecule has 2 heterocycles. The van der Waals surface area contributed by atoms with E-state index < -0.39 is 0 Å². The van der Waals surface area contributed by atoms with Crippen molar-refractivity contribution >= 4 is 0 Å². The van der Waals surface area contributed by atoms with E-state index in [4.69, 9.17) is 4.42 Å². The molecule has 0 radical (unpaired) electrons. The summed E-state index contributed by atoms with van der Waals surface area (Å²) >= 11 is 0. The molecule has 3 unspecified atom stereocenters. The Morgan fingerprint density at radius 2 is 2.44 bits per heavy atom. The van der Waals surface area contributed by atoms with E-state index in [0.29, 0.717) is 6.04 Å². The Hall–Kier alpha value is -0.800. The molecule has 2 aliphatic rings. The molecule has 3 heteroatoms. The van der Waals surface area contributed by atoms with Gasteiger partial charge in [0, 0.05) is 12.6 Å². The molecule has 3 rings (SSSR count). The molecule has 3 atom stereocenters. The smallest absolute Gasteiger partial charge is 0.117 e. The first-order chi connectivity index (χ1) is 7.93. The highest BCUT2D eigenvalue weighted by Gasteiger charge is 2.38. The van der Waals surface area contributed by atoms with Gasteiger partial charge in [-0.1, -0.05) is 6.42 Å². The first-order valence-corrected chi connectivity index (χ1v) is 6.40. The van der Waals surface area contributed by atoms with E-state index in [-0.39, 0.29) is 0 Å². The Labute approximate surface area is 96.6 Å². The molecule has 3 nitrogen and oxygen atoms in total. The maximum atomic E-state index is 5.30. The molecule has 16 heavy (non-hydrogen) atoms. The summed E-state index contributed by atoms with van der Waals surface area (Å²) in [6.07, 6.45) is 6.03. The minimum Gasteiger partial charge on any atom is -0.468 e. The van der Waals surface area contributed by atoms with Gasteiger partial charge in [-0.05, 0) is 43.4 Å². The van der Waals surface area contributed by atoms with Crippen LogP contribution in [0, 0.1) is 11.8 Å². The third kappa shape index (κ3) is 2.02. The third-order valence-electron chi connectivity index (χ3n) is 4.12. The standard InChI is InChI=1S/C13H20N2O/c1-3-10-7-15-13(12(10)5-1)9-14-8-11-4-2-6-16-11/h2,4,6,10,12-15H,1,3,5,7-9H2. The second kappa shape index (κ2) is 4.60. The molecular weight excluding hydrogens is 200 g/mol. The summed E-state index contributed by atoms with van der Waals surface area (Å²) in [6, 6.07) is 4.65. The van der Waals surface area contributed by atoms with Gasteiger partial charge in [0.2, 0.25) is 0 Å². The van der Waals surface area contributed by atoms with E-state index in [1.54, 1.807) is 6.26 Å². The quantitative estimate of drug-likeness (QED) is 0.812. The summed E-state index contributed by atoms with van der Waals surface area (Å²) < 4.78 is 5.30. The zero-order valence-electron chi connectivity index (χ0n) is 9.61. The average Bonchev–Trinajstić information content (AvgIpc) is 2.95. The molecule has 1 aromatic heterocycles. The molecule has 0 bridgehead atoms. The second-order valence-corrected chi connectivity index (χ2v) is 5.08. The molecule has 2 N–H and O–H groups in total. The van der Waals surface area contributed by atoms with Crippen LogP contribution in [0.25, 0.3) is 0 Å². The summed E-state index contributed by atoms with van der Waals surface area (Å²) in [7, 11) is 0. The van der Waals surface area contributed by atoms with Gasteiger partial charge in [0.1, 0.15) is 5.76 Å². The Morgan fingerprint density at radius 1 is 1.44 bits per heavy atom. The normalized spacial score (nSPS) is 33.1. The predicted molar refractivity (Wildman–Crippen MR) is 63.0 cm³/mol. The van der Waals surface area contributed by atoms with Crippen LogP contribution < -0.4 is 10.6 Å². The number of hydrogen-bond donors (Lipinski definition) is 2. The topological polar surface area (TPSA) is 37.2 Å². The largest absolute Gasteiger partial charge is 0.468 e. The van der Waals surface area contributed by atoms with Crippen LogP contribution in [0.4, 0.5) is 0 Å². The maximum absolute atomic E-state index is 5.30. The Balaban J connectivity index is 1.45. The van der Waals surface area contributed by atoms with Gasteiger partial charge in [0.25, 0.3) is 0 Å². The van der Waals surface area contributed by atoms with Gasteiger partial charge < -0.3 is 15.1 Å². The van der Waals surface area contributed by atoms with Crippen LogP contribution in [0.15, 0.2) is 22.8 Å². The van der Waals surface area contributed by atoms with E-state index in [9.17, 15) is 0 Å². The van der Waals surface area contributed by atoms with Crippen molar-refractivity contribution in [3.63, 3.8) is 0 Å². The van der Waals surface area contributed by atoms with Crippen LogP contribution in [0.3, 0.4) is 0 Å². The SMILES string of the molecule is c1coc(CNCC2NCC3CCCC32)c1. The highest BCUT2D eigenvalue weighted by Crippen LogP contribution is 2.37. The van der Waals surface area contributed by atoms with Gasteiger partial charge in [-0.3, -0.25) is 0 Å². The monoisotopic (exact) mass is 220 g/mol. The van der Waals surface area contributed by atoms with Gasteiger partial charge in [0.15, 0.2) is 0 Å². The fraction of sp³-hybridized carbons (Fsp3) is 0.692. The van der Waals surface area contributed by atoms with Crippen LogP contribution in [0.5, 0.6) is 0 Å². The number of hydrogen-bond acceptors (Lipinski definition) is 3. The first kappa shape index (κ1) is 10.4. The molecule has 0 amide bonds. The van der Waals surface area contributed by atoms with Crippen molar-refractivity contribution in [3.05, 3.63) is 24.2 Å². The van der Waals surface area contributed by atoms with Gasteiger partial charge in [0.05, 0.1) is 12.8 Å². The van der Waals surface area contributed by atoms with Crippen LogP contribution >= 0.6 is 0 Å². The lowest BCUT2D eigenvalue weighted by molar-refractivity contribution is 0.384. The van der Waals surface area contributed by atoms with E-state index in [1.807, 2.05) is 12.1 Å². The predicted octanol–water partition coefficient (Wildman–Crippen LogP) is 1.76. The van der Waals surface area contributed by atoms with Gasteiger partial charge in [-0.15, -0.1) is 0 Å². The summed E-state index contributed by atoms with van der Waals surface area (Å²) in [5, 5.41) is 7.13. The van der Waals surface area contributed by atoms with Crippen LogP contribution in [0.1, 0.15) is 25.0 Å². The highest BCUT2D eigenvalue weighted by atomic mass is 16.3. The van der Waals surface area contributed by atoms with Gasteiger partial charge >= 0.3 is 0 Å². The molecule has 1 saturated heterocycles. The maximum Gasteiger partial charge on any atom is 0.117 e. The molecule has 1 saturated carbocycles. The minimum absolute atomic E-state index is 0.683. The number of nitrogens with one attached hydrogen (secondary N) is 2. The average molecular weight is 220 g/mol. The first-order valence-electron chi connectivity index (χ1n) is 6.40. The zero-order valence-corrected chi connectivity index (χ0v) is 9.61. The molecule has 1 aromatic rings. The van der Waals surface area contributed by atoms with Crippen molar-refractivity contribution in [2.45, 2.75) is 31.8 Å². The van der Waals surface area contributed by atoms with Crippen LogP contribution in [-0.2, 0) is 6.54 Å². The van der Waals surface area contributed by atoms with Crippen molar-refractivity contribution in [2.75, 3.05) is 13.1 Å². The Morgan fingerprint density at radius 3 is 3.31 bits per heavy atom. The molecule has 1 aliphatic heterocycles. The van der Waals surface area contributed by atoms with Crippen molar-refractivity contribution in [3.8, 4) is 0 Å². The second-order valence-electron chi connectivity index (χ2n) is 5.08. The van der Waals surface area contributed by atoms with Crippen molar-refractivity contribution in [2.24, 2.45) is 11.8 Å². The fourth-order valence-electron chi connectivity index (χ4n) is 3.29. The minimum atomic E-state index is 0.683.